The summed E-state index contributed by atoms with van der Waals surface area (Å²) in [5.74, 6) is -0.0231. The number of hydrogen-bond acceptors (Lipinski definition) is 5. The first-order valence-corrected chi connectivity index (χ1v) is 8.27. The predicted octanol–water partition coefficient (Wildman–Crippen LogP) is 1.49. The Morgan fingerprint density at radius 3 is 2.52 bits per heavy atom. The molecule has 0 fully saturated rings. The van der Waals surface area contributed by atoms with Crippen LogP contribution in [0.2, 0.25) is 0 Å². The van der Waals surface area contributed by atoms with Gasteiger partial charge in [-0.25, -0.2) is 18.2 Å². The summed E-state index contributed by atoms with van der Waals surface area (Å²) >= 11 is 0. The lowest BCUT2D eigenvalue weighted by Crippen LogP contribution is -2.35. The summed E-state index contributed by atoms with van der Waals surface area (Å²) in [6, 6.07) is -0.473. The molecule has 21 heavy (non-hydrogen) atoms. The molecule has 0 spiro atoms. The van der Waals surface area contributed by atoms with Crippen LogP contribution in [0, 0.1) is 0 Å². The Hall–Kier alpha value is -1.96. The lowest BCUT2D eigenvalue weighted by molar-refractivity contribution is 0.206. The van der Waals surface area contributed by atoms with Gasteiger partial charge in [-0.05, 0) is 6.42 Å². The van der Waals surface area contributed by atoms with Gasteiger partial charge in [-0.3, -0.25) is 0 Å². The second-order valence-electron chi connectivity index (χ2n) is 4.41. The maximum atomic E-state index is 12.2. The van der Waals surface area contributed by atoms with E-state index in [4.69, 9.17) is 0 Å². The van der Waals surface area contributed by atoms with E-state index in [0.717, 1.165) is 17.4 Å². The van der Waals surface area contributed by atoms with Gasteiger partial charge in [-0.1, -0.05) is 25.5 Å². The van der Waals surface area contributed by atoms with Crippen molar-refractivity contribution in [2.24, 2.45) is 0 Å². The highest BCUT2D eigenvalue weighted by molar-refractivity contribution is 7.91. The summed E-state index contributed by atoms with van der Waals surface area (Å²) in [7, 11) is -3.54. The van der Waals surface area contributed by atoms with Crippen LogP contribution in [0.15, 0.2) is 36.8 Å². The molecule has 1 amide bonds. The maximum absolute atomic E-state index is 12.2. The number of carbonyl (C=O) groups is 1. The first kappa shape index (κ1) is 17.1. The number of carbonyl (C=O) groups excluding carboxylic acids is 1. The van der Waals surface area contributed by atoms with Gasteiger partial charge in [0.2, 0.25) is 9.84 Å². The van der Waals surface area contributed by atoms with Crippen molar-refractivity contribution in [3.05, 3.63) is 31.6 Å². The van der Waals surface area contributed by atoms with Gasteiger partial charge in [-0.15, -0.1) is 18.3 Å². The molecular weight excluding hydrogens is 292 g/mol. The Morgan fingerprint density at radius 1 is 1.38 bits per heavy atom. The highest BCUT2D eigenvalue weighted by atomic mass is 32.2. The van der Waals surface area contributed by atoms with Gasteiger partial charge >= 0.3 is 6.03 Å². The molecule has 0 aliphatic rings. The number of unbranched alkanes of at least 4 members (excludes halogenated alkanes) is 1. The van der Waals surface area contributed by atoms with Crippen LogP contribution in [0.1, 0.15) is 19.8 Å². The minimum absolute atomic E-state index is 0.0231. The van der Waals surface area contributed by atoms with Crippen molar-refractivity contribution in [1.29, 1.82) is 0 Å². The lowest BCUT2D eigenvalue weighted by atomic mass is 10.4. The van der Waals surface area contributed by atoms with E-state index in [9.17, 15) is 13.2 Å². The van der Waals surface area contributed by atoms with Crippen molar-refractivity contribution in [1.82, 2.24) is 19.7 Å². The summed E-state index contributed by atoms with van der Waals surface area (Å²) in [5, 5.41) is 3.46. The average molecular weight is 312 g/mol. The van der Waals surface area contributed by atoms with Crippen molar-refractivity contribution in [2.45, 2.75) is 24.9 Å². The summed E-state index contributed by atoms with van der Waals surface area (Å²) in [4.78, 5) is 17.3. The summed E-state index contributed by atoms with van der Waals surface area (Å²) < 4.78 is 24.8. The highest BCUT2D eigenvalue weighted by Gasteiger charge is 2.22. The van der Waals surface area contributed by atoms with Crippen LogP contribution in [-0.2, 0) is 9.84 Å². The van der Waals surface area contributed by atoms with Crippen molar-refractivity contribution in [3.63, 3.8) is 0 Å². The lowest BCUT2D eigenvalue weighted by Gasteiger charge is -2.17. The van der Waals surface area contributed by atoms with Crippen molar-refractivity contribution in [2.75, 3.05) is 18.8 Å². The van der Waals surface area contributed by atoms with Crippen molar-refractivity contribution >= 4 is 15.9 Å². The van der Waals surface area contributed by atoms with E-state index in [2.05, 4.69) is 23.2 Å². The zero-order valence-corrected chi connectivity index (χ0v) is 12.9. The third kappa shape index (κ3) is 4.52. The minimum Gasteiger partial charge on any atom is -0.315 e. The molecule has 0 N–H and O–H groups in total. The van der Waals surface area contributed by atoms with Crippen LogP contribution in [0.25, 0.3) is 0 Å². The van der Waals surface area contributed by atoms with E-state index in [0.29, 0.717) is 19.5 Å². The Kier molecular flexibility index (Phi) is 6.29. The fourth-order valence-electron chi connectivity index (χ4n) is 1.60. The number of nitrogens with zero attached hydrogens (tertiary/aromatic N) is 4. The number of hydrogen-bond donors (Lipinski definition) is 0. The molecule has 1 aromatic rings. The SMILES string of the molecule is C=CCN(CC=C)C(=O)n1cnc(S(=O)(=O)CCCC)n1. The van der Waals surface area contributed by atoms with Crippen LogP contribution in [0.5, 0.6) is 0 Å². The Bertz CT molecular complexity index is 597. The molecule has 8 heteroatoms. The van der Waals surface area contributed by atoms with Crippen LogP contribution in [0.4, 0.5) is 4.79 Å². The van der Waals surface area contributed by atoms with Crippen LogP contribution in [0.3, 0.4) is 0 Å². The third-order valence-corrected chi connectivity index (χ3v) is 4.25. The molecule has 1 aromatic heterocycles. The molecule has 0 saturated carbocycles. The minimum atomic E-state index is -3.54. The molecule has 0 unspecified atom stereocenters. The molecule has 0 radical (unpaired) electrons. The number of aromatic nitrogens is 3. The van der Waals surface area contributed by atoms with Gasteiger partial charge in [0.25, 0.3) is 5.16 Å². The number of sulfone groups is 1. The van der Waals surface area contributed by atoms with Crippen molar-refractivity contribution < 1.29 is 13.2 Å². The smallest absolute Gasteiger partial charge is 0.315 e. The molecule has 0 atom stereocenters. The molecule has 7 nitrogen and oxygen atoms in total. The molecule has 0 aliphatic carbocycles. The molecule has 1 heterocycles. The molecule has 1 rings (SSSR count). The third-order valence-electron chi connectivity index (χ3n) is 2.68. The van der Waals surface area contributed by atoms with Gasteiger partial charge in [0.05, 0.1) is 5.75 Å². The topological polar surface area (TPSA) is 85.2 Å². The van der Waals surface area contributed by atoms with Gasteiger partial charge in [0.15, 0.2) is 0 Å². The second-order valence-corrected chi connectivity index (χ2v) is 6.41. The van der Waals surface area contributed by atoms with Gasteiger partial charge in [0, 0.05) is 13.1 Å². The summed E-state index contributed by atoms with van der Waals surface area (Å²) in [6.07, 6.45) is 5.53. The molecule has 116 valence electrons. The maximum Gasteiger partial charge on any atom is 0.346 e. The summed E-state index contributed by atoms with van der Waals surface area (Å²) in [6.45, 7) is 9.65. The van der Waals surface area contributed by atoms with Gasteiger partial charge < -0.3 is 4.90 Å². The fraction of sp³-hybridized carbons (Fsp3) is 0.462. The van der Waals surface area contributed by atoms with Crippen LogP contribution < -0.4 is 0 Å². The first-order valence-electron chi connectivity index (χ1n) is 6.61. The molecule has 0 aromatic carbocycles. The summed E-state index contributed by atoms with van der Waals surface area (Å²) in [5.41, 5.74) is 0. The van der Waals surface area contributed by atoms with E-state index in [1.54, 1.807) is 12.2 Å². The van der Waals surface area contributed by atoms with Crippen LogP contribution in [-0.4, -0.2) is 53.0 Å². The highest BCUT2D eigenvalue weighted by Crippen LogP contribution is 2.07. The number of rotatable bonds is 8. The zero-order valence-electron chi connectivity index (χ0n) is 12.1. The van der Waals surface area contributed by atoms with E-state index < -0.39 is 15.9 Å². The van der Waals surface area contributed by atoms with E-state index in [-0.39, 0.29) is 10.9 Å². The largest absolute Gasteiger partial charge is 0.346 e. The Balaban J connectivity index is 2.94. The Labute approximate surface area is 124 Å². The van der Waals surface area contributed by atoms with Crippen LogP contribution >= 0.6 is 0 Å². The van der Waals surface area contributed by atoms with E-state index >= 15 is 0 Å². The first-order chi connectivity index (χ1) is 9.96. The normalized spacial score (nSPS) is 11.1. The second kappa shape index (κ2) is 7.72. The number of amides is 1. The molecule has 0 bridgehead atoms. The average Bonchev–Trinajstić information content (AvgIpc) is 2.95. The fourth-order valence-corrected chi connectivity index (χ4v) is 2.87. The monoisotopic (exact) mass is 312 g/mol. The standard InChI is InChI=1S/C13H20N4O3S/c1-4-7-10-21(19,20)12-14-11-17(15-12)13(18)16(8-5-2)9-6-3/h5-6,11H,2-4,7-10H2,1H3. The molecule has 0 saturated heterocycles. The Morgan fingerprint density at radius 2 is 2.00 bits per heavy atom. The zero-order chi connectivity index (χ0) is 15.9. The van der Waals surface area contributed by atoms with E-state index in [1.165, 1.54) is 4.90 Å². The van der Waals surface area contributed by atoms with Gasteiger partial charge in [0.1, 0.15) is 6.33 Å². The van der Waals surface area contributed by atoms with Crippen molar-refractivity contribution in [3.8, 4) is 0 Å². The molecule has 0 aliphatic heterocycles. The quantitative estimate of drug-likeness (QED) is 0.679. The van der Waals surface area contributed by atoms with E-state index in [1.807, 2.05) is 6.92 Å². The van der Waals surface area contributed by atoms with Gasteiger partial charge in [-0.2, -0.15) is 4.68 Å². The molecular formula is C13H20N4O3S. The predicted molar refractivity (Wildman–Crippen MR) is 79.7 cm³/mol.